The van der Waals surface area contributed by atoms with Gasteiger partial charge < -0.3 is 30.1 Å². The largest absolute Gasteiger partial charge is 0.453 e. The van der Waals surface area contributed by atoms with Crippen molar-refractivity contribution < 1.29 is 24.2 Å². The highest BCUT2D eigenvalue weighted by atomic mass is 16.5. The minimum Gasteiger partial charge on any atom is -0.453 e. The Labute approximate surface area is 199 Å². The van der Waals surface area contributed by atoms with Crippen LogP contribution in [-0.2, 0) is 9.47 Å². The lowest BCUT2D eigenvalue weighted by Gasteiger charge is -2.38. The number of aliphatic hydroxyl groups is 1. The number of carbonyl (C=O) groups is 2. The molecule has 4 bridgehead atoms. The molecule has 1 aliphatic heterocycles. The van der Waals surface area contributed by atoms with E-state index in [4.69, 9.17) is 9.47 Å². The molecule has 10 heteroatoms. The van der Waals surface area contributed by atoms with Gasteiger partial charge >= 0.3 is 6.09 Å². The van der Waals surface area contributed by atoms with Gasteiger partial charge in [0.2, 0.25) is 0 Å². The van der Waals surface area contributed by atoms with Crippen molar-refractivity contribution >= 4 is 24.0 Å². The molecule has 5 fully saturated rings. The molecule has 0 radical (unpaired) electrons. The number of ether oxygens (including phenoxy) is 2. The third kappa shape index (κ3) is 4.29. The molecule has 0 aromatic carbocycles. The SMILES string of the molecule is COC(=O)NC(C)(C)/C=C/n1ncc(C(=O)N[C@H]2C3CC4CC(O)(C3)CC42)c1N1CCOCC1. The van der Waals surface area contributed by atoms with Gasteiger partial charge in [-0.05, 0) is 63.4 Å². The maximum atomic E-state index is 13.5. The third-order valence-electron chi connectivity index (χ3n) is 7.94. The predicted octanol–water partition coefficient (Wildman–Crippen LogP) is 1.60. The van der Waals surface area contributed by atoms with E-state index in [-0.39, 0.29) is 11.9 Å². The molecule has 4 aliphatic carbocycles. The van der Waals surface area contributed by atoms with Gasteiger partial charge in [-0.15, -0.1) is 0 Å². The highest BCUT2D eigenvalue weighted by Crippen LogP contribution is 2.59. The molecule has 1 aromatic rings. The standard InChI is InChI=1S/C24H35N5O5/c1-23(2,27-22(31)33-3)4-5-29-21(28-6-8-34-9-7-28)18(14-25-29)20(30)26-19-16-10-15-11-24(32,12-16)13-17(15)19/h4-5,14-17,19,32H,6-13H2,1-3H3,(H,26,30)(H,27,31)/b5-4+/t15?,16?,17?,19-,24?/m0/s1. The van der Waals surface area contributed by atoms with Gasteiger partial charge in [0, 0.05) is 25.3 Å². The second-order valence-electron chi connectivity index (χ2n) is 10.8. The lowest BCUT2D eigenvalue weighted by molar-refractivity contribution is -0.0192. The van der Waals surface area contributed by atoms with E-state index in [0.717, 1.165) is 31.5 Å². The molecule has 1 saturated heterocycles. The Morgan fingerprint density at radius 1 is 1.26 bits per heavy atom. The number of amides is 2. The van der Waals surface area contributed by atoms with Crippen molar-refractivity contribution in [2.24, 2.45) is 17.8 Å². The van der Waals surface area contributed by atoms with Crippen LogP contribution in [0, 0.1) is 17.8 Å². The molecule has 5 atom stereocenters. The summed E-state index contributed by atoms with van der Waals surface area (Å²) in [5.41, 5.74) is -0.660. The van der Waals surface area contributed by atoms with Gasteiger partial charge in [-0.3, -0.25) is 4.79 Å². The van der Waals surface area contributed by atoms with Crippen molar-refractivity contribution in [1.82, 2.24) is 20.4 Å². The molecule has 4 saturated carbocycles. The highest BCUT2D eigenvalue weighted by Gasteiger charge is 2.60. The van der Waals surface area contributed by atoms with Crippen molar-refractivity contribution in [3.05, 3.63) is 17.8 Å². The third-order valence-corrected chi connectivity index (χ3v) is 7.94. The molecule has 0 spiro atoms. The van der Waals surface area contributed by atoms with Crippen LogP contribution in [0.3, 0.4) is 0 Å². The molecule has 34 heavy (non-hydrogen) atoms. The molecule has 5 aliphatic rings. The number of carbonyl (C=O) groups excluding carboxylic acids is 2. The Kier molecular flexibility index (Phi) is 5.84. The van der Waals surface area contributed by atoms with E-state index in [0.29, 0.717) is 49.6 Å². The minimum absolute atomic E-state index is 0.111. The number of morpholine rings is 1. The van der Waals surface area contributed by atoms with Gasteiger partial charge in [0.1, 0.15) is 11.4 Å². The Hall–Kier alpha value is -2.59. The topological polar surface area (TPSA) is 118 Å². The van der Waals surface area contributed by atoms with E-state index in [1.54, 1.807) is 17.1 Å². The number of aromatic nitrogens is 2. The smallest absolute Gasteiger partial charge is 0.407 e. The molecule has 10 nitrogen and oxygen atoms in total. The lowest BCUT2D eigenvalue weighted by Crippen LogP contribution is -2.48. The average Bonchev–Trinajstić information content (AvgIpc) is 3.40. The van der Waals surface area contributed by atoms with Gasteiger partial charge in [0.25, 0.3) is 5.91 Å². The van der Waals surface area contributed by atoms with E-state index in [9.17, 15) is 14.7 Å². The van der Waals surface area contributed by atoms with Crippen LogP contribution in [0.1, 0.15) is 49.9 Å². The summed E-state index contributed by atoms with van der Waals surface area (Å²) in [6.45, 7) is 6.19. The summed E-state index contributed by atoms with van der Waals surface area (Å²) < 4.78 is 11.9. The Bertz CT molecular complexity index is 980. The fourth-order valence-corrected chi connectivity index (χ4v) is 6.54. The zero-order chi connectivity index (χ0) is 24.1. The summed E-state index contributed by atoms with van der Waals surface area (Å²) in [6, 6.07) is 0.111. The maximum absolute atomic E-state index is 13.5. The van der Waals surface area contributed by atoms with Crippen LogP contribution in [0.15, 0.2) is 12.3 Å². The number of hydrogen-bond acceptors (Lipinski definition) is 7. The number of rotatable bonds is 6. The molecule has 186 valence electrons. The molecule has 4 unspecified atom stereocenters. The predicted molar refractivity (Wildman–Crippen MR) is 125 cm³/mol. The number of anilines is 1. The van der Waals surface area contributed by atoms with Crippen molar-refractivity contribution in [3.63, 3.8) is 0 Å². The van der Waals surface area contributed by atoms with Gasteiger partial charge in [-0.2, -0.15) is 5.10 Å². The van der Waals surface area contributed by atoms with Crippen LogP contribution in [0.2, 0.25) is 0 Å². The van der Waals surface area contributed by atoms with Crippen LogP contribution in [0.4, 0.5) is 10.6 Å². The van der Waals surface area contributed by atoms with E-state index in [1.165, 1.54) is 7.11 Å². The van der Waals surface area contributed by atoms with Crippen LogP contribution < -0.4 is 15.5 Å². The average molecular weight is 474 g/mol. The summed E-state index contributed by atoms with van der Waals surface area (Å²) in [4.78, 5) is 27.3. The number of alkyl carbamates (subject to hydrolysis) is 1. The normalized spacial score (nSPS) is 32.4. The van der Waals surface area contributed by atoms with E-state index in [1.807, 2.05) is 19.9 Å². The number of nitrogens with one attached hydrogen (secondary N) is 2. The second kappa shape index (κ2) is 8.57. The van der Waals surface area contributed by atoms with E-state index >= 15 is 0 Å². The fourth-order valence-electron chi connectivity index (χ4n) is 6.54. The Balaban J connectivity index is 1.38. The van der Waals surface area contributed by atoms with Crippen LogP contribution in [0.5, 0.6) is 0 Å². The molecular weight excluding hydrogens is 438 g/mol. The van der Waals surface area contributed by atoms with Crippen molar-refractivity contribution in [2.75, 3.05) is 38.3 Å². The molecule has 2 amide bonds. The zero-order valence-electron chi connectivity index (χ0n) is 20.1. The number of hydrogen-bond donors (Lipinski definition) is 3. The van der Waals surface area contributed by atoms with Crippen LogP contribution >= 0.6 is 0 Å². The Morgan fingerprint density at radius 3 is 2.71 bits per heavy atom. The molecule has 3 N–H and O–H groups in total. The van der Waals surface area contributed by atoms with Gasteiger partial charge in [-0.1, -0.05) is 0 Å². The van der Waals surface area contributed by atoms with Crippen LogP contribution in [-0.4, -0.2) is 77.5 Å². The zero-order valence-corrected chi connectivity index (χ0v) is 20.1. The van der Waals surface area contributed by atoms with E-state index < -0.39 is 17.2 Å². The van der Waals surface area contributed by atoms with Gasteiger partial charge in [0.05, 0.1) is 37.7 Å². The summed E-state index contributed by atoms with van der Waals surface area (Å²) in [7, 11) is 1.33. The fraction of sp³-hybridized carbons (Fsp3) is 0.708. The first-order chi connectivity index (χ1) is 16.2. The van der Waals surface area contributed by atoms with Crippen molar-refractivity contribution in [2.45, 2.75) is 56.7 Å². The molecular formula is C24H35N5O5. The number of nitrogens with zero attached hydrogens (tertiary/aromatic N) is 3. The second-order valence-corrected chi connectivity index (χ2v) is 10.8. The summed E-state index contributed by atoms with van der Waals surface area (Å²) in [5.74, 6) is 1.82. The van der Waals surface area contributed by atoms with Crippen molar-refractivity contribution in [1.29, 1.82) is 0 Å². The molecule has 1 aromatic heterocycles. The van der Waals surface area contributed by atoms with Gasteiger partial charge in [-0.25, -0.2) is 9.48 Å². The quantitative estimate of drug-likeness (QED) is 0.574. The monoisotopic (exact) mass is 473 g/mol. The van der Waals surface area contributed by atoms with Crippen LogP contribution in [0.25, 0.3) is 6.20 Å². The summed E-state index contributed by atoms with van der Waals surface area (Å²) >= 11 is 0. The summed E-state index contributed by atoms with van der Waals surface area (Å²) in [5, 5.41) is 21.3. The molecule has 2 heterocycles. The summed E-state index contributed by atoms with van der Waals surface area (Å²) in [6.07, 6.45) is 8.22. The van der Waals surface area contributed by atoms with Crippen molar-refractivity contribution in [3.8, 4) is 0 Å². The number of methoxy groups -OCH3 is 1. The first kappa shape index (κ1) is 23.2. The minimum atomic E-state index is -0.675. The molecule has 6 rings (SSSR count). The maximum Gasteiger partial charge on any atom is 0.407 e. The first-order valence-corrected chi connectivity index (χ1v) is 12.2. The van der Waals surface area contributed by atoms with Gasteiger partial charge in [0.15, 0.2) is 0 Å². The first-order valence-electron chi connectivity index (χ1n) is 12.2. The lowest BCUT2D eigenvalue weighted by atomic mass is 9.76. The Morgan fingerprint density at radius 2 is 2.00 bits per heavy atom. The van der Waals surface area contributed by atoms with E-state index in [2.05, 4.69) is 20.6 Å². The highest BCUT2D eigenvalue weighted by molar-refractivity contribution is 5.99.